The average molecular weight is 400 g/mol. The molecule has 2 aromatic rings. The summed E-state index contributed by atoms with van der Waals surface area (Å²) in [5.41, 5.74) is 0.152. The first-order chi connectivity index (χ1) is 12.9. The molecule has 1 unspecified atom stereocenters. The molecule has 2 rings (SSSR count). The molecule has 1 heterocycles. The summed E-state index contributed by atoms with van der Waals surface area (Å²) in [5, 5.41) is 17.2. The third-order valence-electron chi connectivity index (χ3n) is 3.78. The molecule has 148 valence electrons. The number of thiazole rings is 1. The van der Waals surface area contributed by atoms with Gasteiger partial charge in [-0.05, 0) is 12.5 Å². The highest BCUT2D eigenvalue weighted by Gasteiger charge is 2.33. The van der Waals surface area contributed by atoms with E-state index in [0.29, 0.717) is 37.0 Å². The lowest BCUT2D eigenvalue weighted by Gasteiger charge is -2.15. The Kier molecular flexibility index (Phi) is 8.05. The largest absolute Gasteiger partial charge is 0.434 e. The summed E-state index contributed by atoms with van der Waals surface area (Å²) in [4.78, 5) is 8.09. The minimum absolute atomic E-state index is 0.0216. The Balaban J connectivity index is 1.90. The summed E-state index contributed by atoms with van der Waals surface area (Å²) in [6.07, 6.45) is -4.04. The molecule has 0 saturated heterocycles. The second-order valence-corrected chi connectivity index (χ2v) is 6.75. The van der Waals surface area contributed by atoms with E-state index in [0.717, 1.165) is 22.3 Å². The molecule has 0 saturated carbocycles. The predicted octanol–water partition coefficient (Wildman–Crippen LogP) is 3.04. The Morgan fingerprint density at radius 3 is 2.59 bits per heavy atom. The molecule has 0 aliphatic rings. The summed E-state index contributed by atoms with van der Waals surface area (Å²) in [6.45, 7) is 3.36. The molecule has 1 atom stereocenters. The van der Waals surface area contributed by atoms with Gasteiger partial charge in [-0.3, -0.25) is 4.99 Å². The van der Waals surface area contributed by atoms with Crippen molar-refractivity contribution in [3.05, 3.63) is 52.0 Å². The summed E-state index contributed by atoms with van der Waals surface area (Å²) in [6, 6.07) is 9.62. The summed E-state index contributed by atoms with van der Waals surface area (Å²) in [7, 11) is 0. The standard InChI is InChI=1S/C18H23F3N4OS/c1-2-22-17(24-10-14(11-26)13-6-4-3-5-7-13)23-9-8-16-25-15(12-27-16)18(19,20)21/h3-7,12,14,26H,2,8-11H2,1H3,(H2,22,23,24). The molecule has 0 amide bonds. The molecular weight excluding hydrogens is 377 g/mol. The van der Waals surface area contributed by atoms with Crippen molar-refractivity contribution < 1.29 is 18.3 Å². The molecular formula is C18H23F3N4OS. The van der Waals surface area contributed by atoms with Crippen molar-refractivity contribution >= 4 is 17.3 Å². The molecule has 3 N–H and O–H groups in total. The van der Waals surface area contributed by atoms with Crippen LogP contribution in [0.4, 0.5) is 13.2 Å². The quantitative estimate of drug-likeness (QED) is 0.471. The number of aromatic nitrogens is 1. The zero-order chi connectivity index (χ0) is 19.7. The summed E-state index contributed by atoms with van der Waals surface area (Å²) < 4.78 is 37.7. The van der Waals surface area contributed by atoms with Gasteiger partial charge in [-0.2, -0.15) is 13.2 Å². The number of hydrogen-bond donors (Lipinski definition) is 3. The molecule has 0 bridgehead atoms. The molecule has 9 heteroatoms. The van der Waals surface area contributed by atoms with E-state index in [1.165, 1.54) is 0 Å². The van der Waals surface area contributed by atoms with Crippen molar-refractivity contribution in [1.82, 2.24) is 15.6 Å². The maximum absolute atomic E-state index is 12.6. The van der Waals surface area contributed by atoms with Gasteiger partial charge < -0.3 is 15.7 Å². The van der Waals surface area contributed by atoms with Gasteiger partial charge in [-0.25, -0.2) is 4.98 Å². The zero-order valence-electron chi connectivity index (χ0n) is 15.0. The second kappa shape index (κ2) is 10.3. The third-order valence-corrected chi connectivity index (χ3v) is 4.69. The second-order valence-electron chi connectivity index (χ2n) is 5.81. The molecule has 0 spiro atoms. The smallest absolute Gasteiger partial charge is 0.396 e. The Hall–Kier alpha value is -2.13. The van der Waals surface area contributed by atoms with Crippen LogP contribution in [0.3, 0.4) is 0 Å². The van der Waals surface area contributed by atoms with Gasteiger partial charge in [0, 0.05) is 30.8 Å². The minimum Gasteiger partial charge on any atom is -0.396 e. The fourth-order valence-corrected chi connectivity index (χ4v) is 3.19. The number of rotatable bonds is 8. The van der Waals surface area contributed by atoms with Gasteiger partial charge >= 0.3 is 6.18 Å². The fourth-order valence-electron chi connectivity index (χ4n) is 2.38. The van der Waals surface area contributed by atoms with Crippen LogP contribution in [-0.2, 0) is 12.6 Å². The van der Waals surface area contributed by atoms with Gasteiger partial charge in [0.15, 0.2) is 11.7 Å². The zero-order valence-corrected chi connectivity index (χ0v) is 15.8. The van der Waals surface area contributed by atoms with E-state index < -0.39 is 11.9 Å². The van der Waals surface area contributed by atoms with Crippen LogP contribution in [0.15, 0.2) is 40.7 Å². The van der Waals surface area contributed by atoms with E-state index in [4.69, 9.17) is 0 Å². The highest BCUT2D eigenvalue weighted by Crippen LogP contribution is 2.30. The van der Waals surface area contributed by atoms with Crippen molar-refractivity contribution in [1.29, 1.82) is 0 Å². The van der Waals surface area contributed by atoms with E-state index in [1.54, 1.807) is 0 Å². The average Bonchev–Trinajstić information content (AvgIpc) is 3.12. The monoisotopic (exact) mass is 400 g/mol. The molecule has 0 radical (unpaired) electrons. The number of aliphatic hydroxyl groups is 1. The summed E-state index contributed by atoms with van der Waals surface area (Å²) >= 11 is 0.996. The number of halogens is 3. The first kappa shape index (κ1) is 21.2. The fraction of sp³-hybridized carbons (Fsp3) is 0.444. The lowest BCUT2D eigenvalue weighted by Crippen LogP contribution is -2.38. The maximum atomic E-state index is 12.6. The topological polar surface area (TPSA) is 69.5 Å². The molecule has 0 fully saturated rings. The van der Waals surface area contributed by atoms with Crippen molar-refractivity contribution in [3.8, 4) is 0 Å². The minimum atomic E-state index is -4.41. The van der Waals surface area contributed by atoms with Crippen molar-refractivity contribution in [3.63, 3.8) is 0 Å². The summed E-state index contributed by atoms with van der Waals surface area (Å²) in [5.74, 6) is 0.439. The maximum Gasteiger partial charge on any atom is 0.434 e. The van der Waals surface area contributed by atoms with Crippen LogP contribution >= 0.6 is 11.3 Å². The number of aliphatic imine (C=N–C) groups is 1. The van der Waals surface area contributed by atoms with Gasteiger partial charge in [-0.15, -0.1) is 11.3 Å². The number of nitrogens with zero attached hydrogens (tertiary/aromatic N) is 2. The van der Waals surface area contributed by atoms with E-state index >= 15 is 0 Å². The Morgan fingerprint density at radius 1 is 1.26 bits per heavy atom. The van der Waals surface area contributed by atoms with E-state index in [2.05, 4.69) is 20.6 Å². The highest BCUT2D eigenvalue weighted by atomic mass is 32.1. The van der Waals surface area contributed by atoms with E-state index in [-0.39, 0.29) is 12.5 Å². The van der Waals surface area contributed by atoms with Crippen LogP contribution in [0.1, 0.15) is 29.1 Å². The number of guanidine groups is 1. The number of benzene rings is 1. The van der Waals surface area contributed by atoms with Gasteiger partial charge in [0.2, 0.25) is 0 Å². The van der Waals surface area contributed by atoms with Crippen molar-refractivity contribution in [2.45, 2.75) is 25.4 Å². The number of nitrogens with one attached hydrogen (secondary N) is 2. The van der Waals surface area contributed by atoms with Gasteiger partial charge in [0.25, 0.3) is 0 Å². The number of hydrogen-bond acceptors (Lipinski definition) is 4. The molecule has 27 heavy (non-hydrogen) atoms. The van der Waals surface area contributed by atoms with Crippen molar-refractivity contribution in [2.75, 3.05) is 26.2 Å². The number of alkyl halides is 3. The van der Waals surface area contributed by atoms with Crippen LogP contribution in [0.5, 0.6) is 0 Å². The van der Waals surface area contributed by atoms with Crippen LogP contribution in [-0.4, -0.2) is 42.3 Å². The third kappa shape index (κ3) is 6.84. The first-order valence-corrected chi connectivity index (χ1v) is 9.51. The molecule has 5 nitrogen and oxygen atoms in total. The van der Waals surface area contributed by atoms with E-state index in [9.17, 15) is 18.3 Å². The van der Waals surface area contributed by atoms with Crippen LogP contribution < -0.4 is 10.6 Å². The molecule has 0 aliphatic heterocycles. The van der Waals surface area contributed by atoms with Crippen molar-refractivity contribution in [2.24, 2.45) is 4.99 Å². The Morgan fingerprint density at radius 2 is 2.00 bits per heavy atom. The van der Waals surface area contributed by atoms with Crippen LogP contribution in [0, 0.1) is 0 Å². The SMILES string of the molecule is CCNC(=NCC(CO)c1ccccc1)NCCc1nc(C(F)(F)F)cs1. The number of aliphatic hydroxyl groups excluding tert-OH is 1. The molecule has 0 aliphatic carbocycles. The lowest BCUT2D eigenvalue weighted by atomic mass is 10.0. The van der Waals surface area contributed by atoms with Gasteiger partial charge in [0.1, 0.15) is 0 Å². The Labute approximate surface area is 160 Å². The highest BCUT2D eigenvalue weighted by molar-refractivity contribution is 7.09. The normalized spacial score (nSPS) is 13.4. The molecule has 1 aromatic carbocycles. The van der Waals surface area contributed by atoms with E-state index in [1.807, 2.05) is 37.3 Å². The Bertz CT molecular complexity index is 719. The first-order valence-electron chi connectivity index (χ1n) is 8.63. The van der Waals surface area contributed by atoms with Gasteiger partial charge in [0.05, 0.1) is 18.2 Å². The van der Waals surface area contributed by atoms with Crippen LogP contribution in [0.2, 0.25) is 0 Å². The van der Waals surface area contributed by atoms with Gasteiger partial charge in [-0.1, -0.05) is 30.3 Å². The molecule has 1 aromatic heterocycles. The predicted molar refractivity (Wildman–Crippen MR) is 101 cm³/mol. The van der Waals surface area contributed by atoms with Crippen LogP contribution in [0.25, 0.3) is 0 Å². The lowest BCUT2D eigenvalue weighted by molar-refractivity contribution is -0.140.